The van der Waals surface area contributed by atoms with E-state index in [1.165, 1.54) is 142 Å². The largest absolute Gasteiger partial charge is 1.00 e. The van der Waals surface area contributed by atoms with Gasteiger partial charge < -0.3 is 36.7 Å². The van der Waals surface area contributed by atoms with Crippen molar-refractivity contribution in [1.29, 1.82) is 0 Å². The molecule has 15 nitrogen and oxygen atoms in total. The molecule has 0 spiro atoms. The smallest absolute Gasteiger partial charge is 0.870 e. The van der Waals surface area contributed by atoms with E-state index in [4.69, 9.17) is 5.73 Å². The zero-order valence-electron chi connectivity index (χ0n) is 38.2. The van der Waals surface area contributed by atoms with Gasteiger partial charge in [-0.15, -0.1) is 0 Å². The first-order valence-electron chi connectivity index (χ1n) is 21.2. The number of hydrogen-bond donors (Lipinski definition) is 5. The number of nitrogens with zero attached hydrogens (tertiary/aromatic N) is 7. The number of carbonyl (C=O) groups excluding carboxylic acids is 2. The second-order valence-electron chi connectivity index (χ2n) is 16.0. The Kier molecular flexibility index (Phi) is 16.4. The molecule has 10 rings (SSSR count). The minimum Gasteiger partial charge on any atom is -0.870 e. The predicted molar refractivity (Wildman–Crippen MR) is 247 cm³/mol. The summed E-state index contributed by atoms with van der Waals surface area (Å²) >= 11 is 0. The first kappa shape index (κ1) is 55.4. The second-order valence-corrected chi connectivity index (χ2v) is 16.0. The molecule has 0 fully saturated rings. The number of primary amides is 2. The molecule has 0 radical (unpaired) electrons. The van der Waals surface area contributed by atoms with Crippen LogP contribution in [0.3, 0.4) is 0 Å². The van der Waals surface area contributed by atoms with Crippen LogP contribution in [-0.2, 0) is 27.3 Å². The number of rotatable bonds is 9. The maximum atomic E-state index is 14.6. The van der Waals surface area contributed by atoms with Crippen LogP contribution < -0.4 is 62.9 Å². The van der Waals surface area contributed by atoms with E-state index in [0.717, 1.165) is 18.5 Å². The molecule has 372 valence electrons. The molecular weight excluding hydrogens is 1000 g/mol. The molecule has 0 saturated heterocycles. The molecule has 73 heavy (non-hydrogen) atoms. The molecule has 6 heterocycles. The van der Waals surface area contributed by atoms with Gasteiger partial charge in [0.05, 0.1) is 34.8 Å². The number of benzene rings is 4. The summed E-state index contributed by atoms with van der Waals surface area (Å²) in [5.74, 6) is -1.87. The van der Waals surface area contributed by atoms with Gasteiger partial charge in [0.2, 0.25) is 23.0 Å². The van der Waals surface area contributed by atoms with Crippen LogP contribution in [0.4, 0.5) is 35.1 Å². The number of fused-ring (bicyclic) bond motifs is 4. The second kappa shape index (κ2) is 21.7. The van der Waals surface area contributed by atoms with Crippen LogP contribution in [0, 0.1) is 11.6 Å². The predicted octanol–water partition coefficient (Wildman–Crippen LogP) is 5.35. The van der Waals surface area contributed by atoms with E-state index in [9.17, 15) is 54.9 Å². The number of aliphatic hydroxyl groups is 2. The molecule has 24 heteroatoms. The Hall–Kier alpha value is -6.90. The molecule has 0 aliphatic heterocycles. The first-order valence-corrected chi connectivity index (χ1v) is 21.2. The van der Waals surface area contributed by atoms with Gasteiger partial charge in [0.15, 0.2) is 0 Å². The molecule has 2 amide bonds. The van der Waals surface area contributed by atoms with Crippen LogP contribution >= 0.6 is 0 Å². The van der Waals surface area contributed by atoms with E-state index in [1.807, 2.05) is 0 Å². The summed E-state index contributed by atoms with van der Waals surface area (Å²) < 4.78 is 117. The van der Waals surface area contributed by atoms with Crippen molar-refractivity contribution in [2.24, 2.45) is 11.5 Å². The normalized spacial score (nSPS) is 13.2. The van der Waals surface area contributed by atoms with Crippen molar-refractivity contribution >= 4 is 55.7 Å². The third-order valence-corrected chi connectivity index (χ3v) is 11.5. The monoisotopic (exact) mass is 1040 g/mol. The number of carbonyl (C=O) groups is 2. The van der Waals surface area contributed by atoms with Crippen LogP contribution in [0.25, 0.3) is 55.2 Å². The van der Waals surface area contributed by atoms with Crippen LogP contribution in [-0.4, -0.2) is 78.9 Å². The van der Waals surface area contributed by atoms with E-state index in [-0.39, 0.29) is 96.0 Å². The Morgan fingerprint density at radius 1 is 0.644 bits per heavy atom. The van der Waals surface area contributed by atoms with Gasteiger partial charge in [0, 0.05) is 63.9 Å². The fourth-order valence-corrected chi connectivity index (χ4v) is 7.99. The number of aromatic amines is 1. The van der Waals surface area contributed by atoms with E-state index in [2.05, 4.69) is 30.9 Å². The molecule has 2 unspecified atom stereocenters. The van der Waals surface area contributed by atoms with Gasteiger partial charge in [-0.1, -0.05) is 19.1 Å². The summed E-state index contributed by atoms with van der Waals surface area (Å²) in [5, 5.41) is 31.7. The van der Waals surface area contributed by atoms with Crippen molar-refractivity contribution in [2.45, 2.75) is 43.4 Å². The van der Waals surface area contributed by atoms with Crippen LogP contribution in [0.1, 0.15) is 35.6 Å². The van der Waals surface area contributed by atoms with Gasteiger partial charge in [-0.2, -0.15) is 36.5 Å². The molecular formula is C49H39F8KN10O5. The van der Waals surface area contributed by atoms with Gasteiger partial charge in [-0.25, -0.2) is 28.1 Å². The van der Waals surface area contributed by atoms with Gasteiger partial charge in [0.1, 0.15) is 29.5 Å². The van der Waals surface area contributed by atoms with Gasteiger partial charge >= 0.3 is 63.7 Å². The first-order chi connectivity index (χ1) is 33.6. The Bertz CT molecular complexity index is 3580. The van der Waals surface area contributed by atoms with Crippen LogP contribution in [0.2, 0.25) is 0 Å². The van der Waals surface area contributed by atoms with Crippen molar-refractivity contribution in [3.05, 3.63) is 180 Å². The van der Waals surface area contributed by atoms with E-state index < -0.39 is 58.8 Å². The summed E-state index contributed by atoms with van der Waals surface area (Å²) in [4.78, 5) is 31.8. The zero-order chi connectivity index (χ0) is 51.0. The number of nitrogens with two attached hydrogens (primary N) is 2. The van der Waals surface area contributed by atoms with E-state index in [1.54, 1.807) is 6.92 Å². The molecule has 8 N–H and O–H groups in total. The summed E-state index contributed by atoms with van der Waals surface area (Å²) in [5.41, 5.74) is 3.95. The van der Waals surface area contributed by atoms with Crippen LogP contribution in [0.5, 0.6) is 0 Å². The number of halogens is 8. The van der Waals surface area contributed by atoms with Crippen LogP contribution in [0.15, 0.2) is 146 Å². The maximum absolute atomic E-state index is 14.6. The number of amides is 2. The van der Waals surface area contributed by atoms with Crippen molar-refractivity contribution in [2.75, 3.05) is 0 Å². The Labute approximate surface area is 449 Å². The van der Waals surface area contributed by atoms with E-state index >= 15 is 0 Å². The average Bonchev–Trinajstić information content (AvgIpc) is 4.15. The number of nitrogens with one attached hydrogen (secondary N) is 1. The third kappa shape index (κ3) is 10.6. The quantitative estimate of drug-likeness (QED) is 0.0925. The van der Waals surface area contributed by atoms with Crippen molar-refractivity contribution in [3.63, 3.8) is 0 Å². The van der Waals surface area contributed by atoms with Gasteiger partial charge in [-0.05, 0) is 108 Å². The third-order valence-electron chi connectivity index (χ3n) is 11.5. The standard InChI is InChI=1S/C24H17F4N5O2.C22H14F4N4O.C3H7NO.K.H2O/c25-16-4-6-17(7-5-16)33-20-8-3-15(10-14(20)11-31-33)23(35,24(26,27)28)19-12-32(13-21(29)34)22-18(19)2-1-9-30-22;23-15-4-6-16(7-5-15)30-19-8-3-14(10-13(19)11-29-30)21(31,22(24,25)26)18-12-28-20-17(18)2-1-9-27-20;1-2-3(4)5;;/h1-12,35H,13H2,(H2,29,34);1-12,31H,(H,27,28);2H2,1H3,(H2,4,5);;1H2/q;;;+1;/p-1. The number of hydrogen-bond acceptors (Lipinski definition) is 9. The molecule has 0 aliphatic rings. The van der Waals surface area contributed by atoms with Crippen molar-refractivity contribution < 1.29 is 112 Å². The Morgan fingerprint density at radius 3 is 1.55 bits per heavy atom. The SMILES string of the molecule is CCC(N)=O.NC(=O)Cn1cc(C(O)(c2ccc3c(cnn3-c3ccc(F)cc3)c2)C(F)(F)F)c2cccnc21.OC(c1ccc2c(cnn2-c2ccc(F)cc2)c1)(c1c[nH]c2ncccc12)C(F)(F)F.[K+].[OH-]. The number of alkyl halides is 6. The number of pyridine rings is 2. The van der Waals surface area contributed by atoms with Gasteiger partial charge in [0.25, 0.3) is 0 Å². The topological polar surface area (TPSA) is 239 Å². The molecule has 0 aliphatic carbocycles. The molecule has 6 aromatic heterocycles. The summed E-state index contributed by atoms with van der Waals surface area (Å²) in [6, 6.07) is 24.5. The van der Waals surface area contributed by atoms with Crippen molar-refractivity contribution in [1.82, 2.24) is 39.1 Å². The molecule has 2 atom stereocenters. The Morgan fingerprint density at radius 2 is 1.10 bits per heavy atom. The Balaban J connectivity index is 0.000000214. The minimum absolute atomic E-state index is 0. The maximum Gasteiger partial charge on any atom is 1.00 e. The fraction of sp³-hybridized carbons (Fsp3) is 0.143. The molecule has 4 aromatic carbocycles. The number of aromatic nitrogens is 8. The summed E-state index contributed by atoms with van der Waals surface area (Å²) in [6.07, 6.45) is -1.95. The molecule has 10 aromatic rings. The summed E-state index contributed by atoms with van der Waals surface area (Å²) in [6.45, 7) is 1.31. The zero-order valence-corrected chi connectivity index (χ0v) is 41.4. The average molecular weight is 1040 g/mol. The number of H-pyrrole nitrogens is 1. The van der Waals surface area contributed by atoms with Gasteiger partial charge in [-0.3, -0.25) is 9.59 Å². The summed E-state index contributed by atoms with van der Waals surface area (Å²) in [7, 11) is 0. The van der Waals surface area contributed by atoms with Crippen molar-refractivity contribution in [3.8, 4) is 11.4 Å². The fourth-order valence-electron chi connectivity index (χ4n) is 7.99. The van der Waals surface area contributed by atoms with E-state index in [0.29, 0.717) is 39.6 Å². The molecule has 0 bridgehead atoms. The molecule has 0 saturated carbocycles. The minimum atomic E-state index is -5.13.